The van der Waals surface area contributed by atoms with E-state index in [1.165, 1.54) is 26.0 Å². The first-order valence-corrected chi connectivity index (χ1v) is 15.6. The molecule has 5 amide bonds. The molecule has 1 aliphatic rings. The number of nitrogens with one attached hydrogen (secondary N) is 5. The second-order valence-corrected chi connectivity index (χ2v) is 12.2. The van der Waals surface area contributed by atoms with Crippen molar-refractivity contribution in [3.63, 3.8) is 0 Å². The molecule has 10 N–H and O–H groups in total. The molecule has 0 unspecified atom stereocenters. The summed E-state index contributed by atoms with van der Waals surface area (Å²) < 4.78 is 0. The summed E-state index contributed by atoms with van der Waals surface area (Å²) in [5.74, 6) is -3.35. The van der Waals surface area contributed by atoms with Crippen molar-refractivity contribution in [3.05, 3.63) is 77.9 Å². The van der Waals surface area contributed by atoms with Gasteiger partial charge in [-0.15, -0.1) is 0 Å². The SMILES string of the molecule is CC1(C)NC(=O)[C@@H](Cc2ccc(O)cc2)NC(=O)CNC(=O)[C@H](Cc2ccc3ccccc3c2)NC(=O)[C@H](CCCN=C(N)N)NC1=O. The second kappa shape index (κ2) is 15.8. The number of nitrogens with zero attached hydrogens (tertiary/aromatic N) is 1. The van der Waals surface area contributed by atoms with Crippen LogP contribution in [0.2, 0.25) is 0 Å². The third-order valence-corrected chi connectivity index (χ3v) is 7.91. The van der Waals surface area contributed by atoms with Crippen molar-refractivity contribution in [2.75, 3.05) is 13.1 Å². The summed E-state index contributed by atoms with van der Waals surface area (Å²) in [6, 6.07) is 16.1. The van der Waals surface area contributed by atoms with Crippen LogP contribution in [0.4, 0.5) is 0 Å². The van der Waals surface area contributed by atoms with Crippen LogP contribution in [-0.2, 0) is 36.8 Å². The van der Waals surface area contributed by atoms with Gasteiger partial charge in [0, 0.05) is 19.4 Å². The van der Waals surface area contributed by atoms with Crippen LogP contribution in [0.3, 0.4) is 0 Å². The lowest BCUT2D eigenvalue weighted by atomic mass is 9.99. The van der Waals surface area contributed by atoms with Crippen LogP contribution in [0, 0.1) is 0 Å². The monoisotopic (exact) mass is 658 g/mol. The van der Waals surface area contributed by atoms with Gasteiger partial charge >= 0.3 is 0 Å². The van der Waals surface area contributed by atoms with Crippen LogP contribution in [-0.4, -0.2) is 77.4 Å². The Hall–Kier alpha value is -5.66. The van der Waals surface area contributed by atoms with Gasteiger partial charge in [0.25, 0.3) is 0 Å². The number of phenolic OH excluding ortho intramolecular Hbond substituents is 1. The molecule has 0 aliphatic carbocycles. The van der Waals surface area contributed by atoms with Crippen molar-refractivity contribution in [2.24, 2.45) is 16.5 Å². The average Bonchev–Trinajstić information content (AvgIpc) is 3.04. The highest BCUT2D eigenvalue weighted by Gasteiger charge is 2.36. The summed E-state index contributed by atoms with van der Waals surface area (Å²) in [7, 11) is 0. The van der Waals surface area contributed by atoms with Gasteiger partial charge in [0.1, 0.15) is 29.4 Å². The third kappa shape index (κ3) is 9.92. The molecule has 0 spiro atoms. The lowest BCUT2D eigenvalue weighted by Crippen LogP contribution is -2.62. The number of hydrogen-bond donors (Lipinski definition) is 8. The second-order valence-electron chi connectivity index (χ2n) is 12.2. The number of aliphatic imine (C=N–C) groups is 1. The third-order valence-electron chi connectivity index (χ3n) is 7.91. The molecule has 3 aromatic carbocycles. The Morgan fingerprint density at radius 1 is 0.792 bits per heavy atom. The number of fused-ring (bicyclic) bond motifs is 1. The van der Waals surface area contributed by atoms with E-state index >= 15 is 0 Å². The van der Waals surface area contributed by atoms with Crippen molar-refractivity contribution in [2.45, 2.75) is 63.2 Å². The van der Waals surface area contributed by atoms with Crippen LogP contribution in [0.5, 0.6) is 5.75 Å². The molecule has 1 fully saturated rings. The van der Waals surface area contributed by atoms with E-state index in [4.69, 9.17) is 11.5 Å². The summed E-state index contributed by atoms with van der Waals surface area (Å²) in [5.41, 5.74) is 10.7. The van der Waals surface area contributed by atoms with Crippen LogP contribution in [0.25, 0.3) is 10.8 Å². The van der Waals surface area contributed by atoms with E-state index in [2.05, 4.69) is 31.6 Å². The molecule has 0 aromatic heterocycles. The van der Waals surface area contributed by atoms with Gasteiger partial charge in [-0.3, -0.25) is 29.0 Å². The molecule has 48 heavy (non-hydrogen) atoms. The zero-order valence-corrected chi connectivity index (χ0v) is 26.9. The zero-order chi connectivity index (χ0) is 34.8. The Balaban J connectivity index is 1.65. The van der Waals surface area contributed by atoms with Crippen LogP contribution >= 0.6 is 0 Å². The highest BCUT2D eigenvalue weighted by Crippen LogP contribution is 2.18. The molecule has 1 saturated heterocycles. The first-order chi connectivity index (χ1) is 22.8. The smallest absolute Gasteiger partial charge is 0.245 e. The van der Waals surface area contributed by atoms with Gasteiger partial charge in [-0.25, -0.2) is 0 Å². The first-order valence-electron chi connectivity index (χ1n) is 15.6. The topological polar surface area (TPSA) is 230 Å². The van der Waals surface area contributed by atoms with Crippen molar-refractivity contribution in [1.29, 1.82) is 0 Å². The van der Waals surface area contributed by atoms with E-state index in [0.29, 0.717) is 12.0 Å². The number of hydrogen-bond acceptors (Lipinski definition) is 7. The maximum Gasteiger partial charge on any atom is 0.245 e. The molecule has 14 heteroatoms. The molecule has 0 saturated carbocycles. The number of phenols is 1. The van der Waals surface area contributed by atoms with Crippen molar-refractivity contribution >= 4 is 46.3 Å². The van der Waals surface area contributed by atoms with Gasteiger partial charge in [-0.2, -0.15) is 0 Å². The summed E-state index contributed by atoms with van der Waals surface area (Å²) >= 11 is 0. The minimum atomic E-state index is -1.52. The van der Waals surface area contributed by atoms with Gasteiger partial charge < -0.3 is 43.2 Å². The lowest BCUT2D eigenvalue weighted by Gasteiger charge is -2.30. The van der Waals surface area contributed by atoms with Gasteiger partial charge in [0.15, 0.2) is 5.96 Å². The number of guanidine groups is 1. The van der Waals surface area contributed by atoms with E-state index in [1.54, 1.807) is 12.1 Å². The summed E-state index contributed by atoms with van der Waals surface area (Å²) in [5, 5.41) is 25.0. The number of rotatable bonds is 8. The van der Waals surface area contributed by atoms with Crippen molar-refractivity contribution in [3.8, 4) is 5.75 Å². The zero-order valence-electron chi connectivity index (χ0n) is 26.9. The minimum absolute atomic E-state index is 0.0293. The fourth-order valence-corrected chi connectivity index (χ4v) is 5.26. The van der Waals surface area contributed by atoms with Gasteiger partial charge in [0.05, 0.1) is 6.54 Å². The first kappa shape index (κ1) is 35.2. The van der Waals surface area contributed by atoms with Gasteiger partial charge in [0.2, 0.25) is 29.5 Å². The average molecular weight is 659 g/mol. The highest BCUT2D eigenvalue weighted by molar-refractivity contribution is 5.98. The number of carbonyl (C=O) groups is 5. The Bertz CT molecular complexity index is 1690. The van der Waals surface area contributed by atoms with Gasteiger partial charge in [-0.1, -0.05) is 54.6 Å². The summed E-state index contributed by atoms with van der Waals surface area (Å²) in [6.07, 6.45) is 0.555. The fourth-order valence-electron chi connectivity index (χ4n) is 5.26. The molecule has 3 aromatic rings. The van der Waals surface area contributed by atoms with E-state index in [-0.39, 0.29) is 37.5 Å². The largest absolute Gasteiger partial charge is 0.508 e. The van der Waals surface area contributed by atoms with Gasteiger partial charge in [-0.05, 0) is 60.7 Å². The lowest BCUT2D eigenvalue weighted by molar-refractivity contribution is -0.136. The molecule has 0 radical (unpaired) electrons. The van der Waals surface area contributed by atoms with Crippen LogP contribution in [0.1, 0.15) is 37.8 Å². The van der Waals surface area contributed by atoms with E-state index in [1.807, 2.05) is 42.5 Å². The highest BCUT2D eigenvalue weighted by atomic mass is 16.3. The molecule has 254 valence electrons. The summed E-state index contributed by atoms with van der Waals surface area (Å²) in [6.45, 7) is 2.65. The molecule has 3 atom stereocenters. The number of aromatic hydroxyl groups is 1. The Kier molecular flexibility index (Phi) is 11.6. The molecule has 1 heterocycles. The van der Waals surface area contributed by atoms with Crippen molar-refractivity contribution in [1.82, 2.24) is 26.6 Å². The van der Waals surface area contributed by atoms with E-state index < -0.39 is 59.7 Å². The standard InChI is InChI=1S/C34H42N8O6/c1-34(2)32(48)41-25(8-5-15-37-33(35)36)30(46)40-26(18-21-9-12-22-6-3-4-7-23(22)16-21)29(45)38-19-28(44)39-27(31(47)42-34)17-20-10-13-24(43)14-11-20/h3-4,6-7,9-14,16,25-27,43H,5,8,15,17-19H2,1-2H3,(H,38,45)(H,39,44)(H,40,46)(H,41,48)(H,42,47)(H4,35,36,37)/t25-,26-,27+/m0/s1. The minimum Gasteiger partial charge on any atom is -0.508 e. The Labute approximate surface area is 278 Å². The predicted octanol–water partition coefficient (Wildman–Crippen LogP) is -0.137. The van der Waals surface area contributed by atoms with Crippen molar-refractivity contribution < 1.29 is 29.1 Å². The number of amides is 5. The molecule has 1 aliphatic heterocycles. The fraction of sp³-hybridized carbons (Fsp3) is 0.353. The van der Waals surface area contributed by atoms with E-state index in [0.717, 1.165) is 16.3 Å². The van der Waals surface area contributed by atoms with E-state index in [9.17, 15) is 29.1 Å². The molecule has 14 nitrogen and oxygen atoms in total. The number of carbonyl (C=O) groups excluding carboxylic acids is 5. The number of nitrogens with two attached hydrogens (primary N) is 2. The molecule has 0 bridgehead atoms. The Morgan fingerprint density at radius 2 is 1.44 bits per heavy atom. The molecular formula is C34H42N8O6. The van der Waals surface area contributed by atoms with Crippen LogP contribution in [0.15, 0.2) is 71.7 Å². The summed E-state index contributed by atoms with van der Waals surface area (Å²) in [4.78, 5) is 71.4. The quantitative estimate of drug-likeness (QED) is 0.0921. The normalized spacial score (nSPS) is 20.6. The maximum atomic E-state index is 13.7. The molecular weight excluding hydrogens is 616 g/mol. The Morgan fingerprint density at radius 3 is 2.15 bits per heavy atom. The predicted molar refractivity (Wildman–Crippen MR) is 180 cm³/mol. The molecule has 4 rings (SSSR count). The maximum absolute atomic E-state index is 13.7. The van der Waals surface area contributed by atoms with Crippen LogP contribution < -0.4 is 38.1 Å². The number of benzene rings is 3.